The van der Waals surface area contributed by atoms with Crippen molar-refractivity contribution in [2.45, 2.75) is 31.8 Å². The van der Waals surface area contributed by atoms with Gasteiger partial charge in [-0.1, -0.05) is 0 Å². The maximum Gasteiger partial charge on any atom is 0.195 e. The largest absolute Gasteiger partial charge is 0.379 e. The molecule has 2 aromatic rings. The molecule has 2 N–H and O–H groups in total. The molecule has 1 aliphatic heterocycles. The molecule has 0 amide bonds. The summed E-state index contributed by atoms with van der Waals surface area (Å²) in [6.07, 6.45) is 3.98. The number of anilines is 1. The van der Waals surface area contributed by atoms with Gasteiger partial charge in [-0.25, -0.2) is 4.98 Å². The van der Waals surface area contributed by atoms with Crippen molar-refractivity contribution in [3.05, 3.63) is 17.3 Å². The lowest BCUT2D eigenvalue weighted by Crippen LogP contribution is -2.33. The fraction of sp³-hybridized carbons (Fsp3) is 0.615. The summed E-state index contributed by atoms with van der Waals surface area (Å²) in [5, 5.41) is 2.06. The third kappa shape index (κ3) is 2.35. The van der Waals surface area contributed by atoms with E-state index >= 15 is 0 Å². The molecule has 0 bridgehead atoms. The van der Waals surface area contributed by atoms with Crippen LogP contribution >= 0.6 is 11.3 Å². The molecule has 2 aromatic heterocycles. The fourth-order valence-electron chi connectivity index (χ4n) is 2.60. The van der Waals surface area contributed by atoms with Crippen LogP contribution < -0.4 is 10.6 Å². The lowest BCUT2D eigenvalue weighted by molar-refractivity contribution is 0.193. The molecular weight excluding hydrogens is 260 g/mol. The Morgan fingerprint density at radius 3 is 3.21 bits per heavy atom. The van der Waals surface area contributed by atoms with Crippen molar-refractivity contribution in [3.8, 4) is 0 Å². The van der Waals surface area contributed by atoms with Crippen molar-refractivity contribution in [2.75, 3.05) is 25.2 Å². The number of nitrogens with zero attached hydrogens (tertiary/aromatic N) is 3. The molecule has 0 aromatic carbocycles. The van der Waals surface area contributed by atoms with Crippen molar-refractivity contribution in [1.82, 2.24) is 9.38 Å². The third-order valence-electron chi connectivity index (χ3n) is 3.64. The van der Waals surface area contributed by atoms with E-state index in [1.54, 1.807) is 11.3 Å². The minimum Gasteiger partial charge on any atom is -0.379 e. The Hall–Kier alpha value is -1.11. The molecule has 3 rings (SSSR count). The van der Waals surface area contributed by atoms with E-state index < -0.39 is 0 Å². The Morgan fingerprint density at radius 1 is 1.68 bits per heavy atom. The van der Waals surface area contributed by atoms with Crippen molar-refractivity contribution in [3.63, 3.8) is 0 Å². The zero-order valence-corrected chi connectivity index (χ0v) is 12.2. The highest BCUT2D eigenvalue weighted by atomic mass is 32.1. The topological polar surface area (TPSA) is 55.8 Å². The average molecular weight is 280 g/mol. The number of hydrogen-bond acceptors (Lipinski definition) is 5. The Bertz CT molecular complexity index is 556. The lowest BCUT2D eigenvalue weighted by Gasteiger charge is -2.24. The van der Waals surface area contributed by atoms with E-state index in [0.29, 0.717) is 6.04 Å². The van der Waals surface area contributed by atoms with Gasteiger partial charge < -0.3 is 15.4 Å². The van der Waals surface area contributed by atoms with Gasteiger partial charge in [0.2, 0.25) is 0 Å². The summed E-state index contributed by atoms with van der Waals surface area (Å²) in [4.78, 5) is 8.06. The molecule has 3 heterocycles. The Kier molecular flexibility index (Phi) is 3.47. The summed E-state index contributed by atoms with van der Waals surface area (Å²) in [7, 11) is 2.11. The molecule has 0 saturated carbocycles. The van der Waals surface area contributed by atoms with Crippen LogP contribution in [0.3, 0.4) is 0 Å². The summed E-state index contributed by atoms with van der Waals surface area (Å²) in [5.74, 6) is 1.06. The molecular formula is C13H20N4OS. The highest BCUT2D eigenvalue weighted by molar-refractivity contribution is 7.15. The number of nitrogens with two attached hydrogens (primary N) is 1. The summed E-state index contributed by atoms with van der Waals surface area (Å²) in [6, 6.07) is 0.559. The van der Waals surface area contributed by atoms with Gasteiger partial charge in [0.25, 0.3) is 0 Å². The number of imidazole rings is 1. The van der Waals surface area contributed by atoms with Crippen LogP contribution in [0.5, 0.6) is 0 Å². The molecule has 0 aliphatic carbocycles. The molecule has 2 unspecified atom stereocenters. The third-order valence-corrected chi connectivity index (χ3v) is 4.40. The second-order valence-electron chi connectivity index (χ2n) is 5.25. The molecule has 104 valence electrons. The quantitative estimate of drug-likeness (QED) is 0.922. The zero-order valence-electron chi connectivity index (χ0n) is 11.4. The summed E-state index contributed by atoms with van der Waals surface area (Å²) >= 11 is 1.66. The van der Waals surface area contributed by atoms with E-state index in [9.17, 15) is 0 Å². The first-order chi connectivity index (χ1) is 9.16. The van der Waals surface area contributed by atoms with E-state index in [2.05, 4.69) is 27.9 Å². The minimum atomic E-state index is 0.131. The van der Waals surface area contributed by atoms with Gasteiger partial charge in [-0.2, -0.15) is 0 Å². The second-order valence-corrected chi connectivity index (χ2v) is 6.12. The van der Waals surface area contributed by atoms with Crippen molar-refractivity contribution in [2.24, 2.45) is 5.73 Å². The smallest absolute Gasteiger partial charge is 0.195 e. The van der Waals surface area contributed by atoms with Gasteiger partial charge in [0.15, 0.2) is 10.8 Å². The molecule has 2 atom stereocenters. The minimum absolute atomic E-state index is 0.131. The van der Waals surface area contributed by atoms with Crippen LogP contribution in [0.4, 0.5) is 5.82 Å². The Labute approximate surface area is 117 Å². The van der Waals surface area contributed by atoms with Gasteiger partial charge in [-0.15, -0.1) is 11.3 Å². The first-order valence-corrected chi connectivity index (χ1v) is 7.55. The molecule has 0 spiro atoms. The van der Waals surface area contributed by atoms with Crippen LogP contribution in [0.1, 0.15) is 19.0 Å². The number of aromatic nitrogens is 2. The van der Waals surface area contributed by atoms with Crippen molar-refractivity contribution >= 4 is 22.1 Å². The first-order valence-electron chi connectivity index (χ1n) is 6.67. The van der Waals surface area contributed by atoms with E-state index in [-0.39, 0.29) is 6.04 Å². The number of ether oxygens (including phenoxy) is 1. The van der Waals surface area contributed by atoms with Gasteiger partial charge >= 0.3 is 0 Å². The van der Waals surface area contributed by atoms with E-state index in [0.717, 1.165) is 36.8 Å². The van der Waals surface area contributed by atoms with Crippen molar-refractivity contribution in [1.29, 1.82) is 0 Å². The summed E-state index contributed by atoms with van der Waals surface area (Å²) in [6.45, 7) is 3.67. The number of thiazole rings is 1. The lowest BCUT2D eigenvalue weighted by atomic mass is 10.1. The molecule has 1 aliphatic rings. The van der Waals surface area contributed by atoms with Crippen LogP contribution in [0.2, 0.25) is 0 Å². The van der Waals surface area contributed by atoms with Gasteiger partial charge in [0.05, 0.1) is 18.3 Å². The van der Waals surface area contributed by atoms with E-state index in [4.69, 9.17) is 15.5 Å². The Morgan fingerprint density at radius 2 is 2.53 bits per heavy atom. The normalized spacial score (nSPS) is 21.1. The number of rotatable bonds is 4. The van der Waals surface area contributed by atoms with Gasteiger partial charge in [-0.05, 0) is 13.3 Å². The number of likely N-dealkylation sites (N-methyl/N-ethyl adjacent to an activating group) is 1. The van der Waals surface area contributed by atoms with Gasteiger partial charge in [0, 0.05) is 37.7 Å². The second kappa shape index (κ2) is 5.11. The van der Waals surface area contributed by atoms with Crippen LogP contribution in [0.25, 0.3) is 4.96 Å². The molecule has 0 radical (unpaired) electrons. The summed E-state index contributed by atoms with van der Waals surface area (Å²) in [5.41, 5.74) is 7.19. The van der Waals surface area contributed by atoms with E-state index in [1.807, 2.05) is 6.92 Å². The zero-order chi connectivity index (χ0) is 13.4. The maximum absolute atomic E-state index is 5.98. The predicted molar refractivity (Wildman–Crippen MR) is 78.0 cm³/mol. The first kappa shape index (κ1) is 12.9. The molecule has 1 fully saturated rings. The van der Waals surface area contributed by atoms with Crippen LogP contribution in [-0.2, 0) is 11.2 Å². The van der Waals surface area contributed by atoms with Crippen LogP contribution in [0, 0.1) is 0 Å². The number of hydrogen-bond donors (Lipinski definition) is 1. The van der Waals surface area contributed by atoms with Gasteiger partial charge in [0.1, 0.15) is 0 Å². The summed E-state index contributed by atoms with van der Waals surface area (Å²) < 4.78 is 7.64. The SMILES string of the molecule is CC(N)Cc1c(N(C)C2CCOC2)nc2sccn12. The molecule has 5 nitrogen and oxygen atoms in total. The maximum atomic E-state index is 5.98. The number of fused-ring (bicyclic) bond motifs is 1. The Balaban J connectivity index is 1.98. The van der Waals surface area contributed by atoms with E-state index in [1.165, 1.54) is 5.69 Å². The van der Waals surface area contributed by atoms with Crippen LogP contribution in [-0.4, -0.2) is 41.7 Å². The van der Waals surface area contributed by atoms with Crippen molar-refractivity contribution < 1.29 is 4.74 Å². The molecule has 6 heteroatoms. The molecule has 1 saturated heterocycles. The van der Waals surface area contributed by atoms with Crippen LogP contribution in [0.15, 0.2) is 11.6 Å². The fourth-order valence-corrected chi connectivity index (χ4v) is 3.33. The predicted octanol–water partition coefficient (Wildman–Crippen LogP) is 1.51. The highest BCUT2D eigenvalue weighted by Crippen LogP contribution is 2.27. The monoisotopic (exact) mass is 280 g/mol. The molecule has 19 heavy (non-hydrogen) atoms. The average Bonchev–Trinajstić information content (AvgIpc) is 3.04. The standard InChI is InChI=1S/C13H20N4OS/c1-9(14)7-11-12(15-13-17(11)4-6-19-13)16(2)10-3-5-18-8-10/h4,6,9-10H,3,5,7-8,14H2,1-2H3. The highest BCUT2D eigenvalue weighted by Gasteiger charge is 2.25. The van der Waals surface area contributed by atoms with Gasteiger partial charge in [-0.3, -0.25) is 4.40 Å².